The van der Waals surface area contributed by atoms with Crippen LogP contribution in [0.3, 0.4) is 0 Å². The van der Waals surface area contributed by atoms with E-state index in [-0.39, 0.29) is 28.4 Å². The summed E-state index contributed by atoms with van der Waals surface area (Å²) in [6, 6.07) is 10.4. The Morgan fingerprint density at radius 1 is 1.15 bits per heavy atom. The molecule has 1 aliphatic heterocycles. The number of halogens is 3. The third-order valence-electron chi connectivity index (χ3n) is 5.82. The van der Waals surface area contributed by atoms with Crippen molar-refractivity contribution in [2.75, 3.05) is 25.5 Å². The van der Waals surface area contributed by atoms with E-state index in [9.17, 15) is 22.8 Å². The van der Waals surface area contributed by atoms with E-state index in [0.717, 1.165) is 6.07 Å². The Balaban J connectivity index is 1.39. The van der Waals surface area contributed by atoms with Crippen molar-refractivity contribution in [1.29, 1.82) is 0 Å². The van der Waals surface area contributed by atoms with Gasteiger partial charge in [0.15, 0.2) is 0 Å². The van der Waals surface area contributed by atoms with Gasteiger partial charge in [0.1, 0.15) is 11.4 Å². The number of carbonyl (C=O) groups excluding carboxylic acids is 1. The van der Waals surface area contributed by atoms with Crippen molar-refractivity contribution >= 4 is 22.6 Å². The number of urea groups is 1. The number of methoxy groups -OCH3 is 1. The van der Waals surface area contributed by atoms with Crippen molar-refractivity contribution < 1.29 is 22.7 Å². The number of nitrogens with zero attached hydrogens (tertiary/aromatic N) is 3. The molecule has 0 unspecified atom stereocenters. The lowest BCUT2D eigenvalue weighted by molar-refractivity contribution is -0.140. The second-order valence-electron chi connectivity index (χ2n) is 7.96. The van der Waals surface area contributed by atoms with Crippen LogP contribution in [0.15, 0.2) is 53.5 Å². The van der Waals surface area contributed by atoms with Crippen molar-refractivity contribution in [2.45, 2.75) is 25.6 Å². The van der Waals surface area contributed by atoms with Crippen LogP contribution in [-0.2, 0) is 12.7 Å². The highest BCUT2D eigenvalue weighted by molar-refractivity contribution is 5.91. The highest BCUT2D eigenvalue weighted by Crippen LogP contribution is 2.29. The fraction of sp³-hybridized carbons (Fsp3) is 0.348. The number of rotatable bonds is 4. The van der Waals surface area contributed by atoms with E-state index in [2.05, 4.69) is 10.3 Å². The number of pyridine rings is 2. The molecule has 4 rings (SSSR count). The summed E-state index contributed by atoms with van der Waals surface area (Å²) >= 11 is 0. The predicted octanol–water partition coefficient (Wildman–Crippen LogP) is 4.37. The molecule has 0 bridgehead atoms. The molecule has 1 N–H and O–H groups in total. The molecule has 1 aromatic carbocycles. The van der Waals surface area contributed by atoms with Crippen LogP contribution >= 0.6 is 0 Å². The Hall–Kier alpha value is -3.56. The molecule has 0 radical (unpaired) electrons. The summed E-state index contributed by atoms with van der Waals surface area (Å²) in [7, 11) is 1.54. The van der Waals surface area contributed by atoms with Crippen LogP contribution in [0, 0.1) is 5.92 Å². The number of fused-ring (bicyclic) bond motifs is 1. The van der Waals surface area contributed by atoms with Gasteiger partial charge in [0.2, 0.25) is 0 Å². The molecule has 2 aromatic heterocycles. The molecule has 33 heavy (non-hydrogen) atoms. The first-order valence-electron chi connectivity index (χ1n) is 10.5. The lowest BCUT2D eigenvalue weighted by atomic mass is 9.97. The zero-order valence-electron chi connectivity index (χ0n) is 17.9. The molecule has 2 amide bonds. The summed E-state index contributed by atoms with van der Waals surface area (Å²) in [5.41, 5.74) is -0.776. The fourth-order valence-electron chi connectivity index (χ4n) is 4.01. The number of ether oxygens (including phenoxy) is 1. The maximum atomic E-state index is 12.9. The Kier molecular flexibility index (Phi) is 6.26. The molecule has 3 heterocycles. The number of nitrogens with one attached hydrogen (secondary N) is 1. The lowest BCUT2D eigenvalue weighted by Gasteiger charge is -2.32. The van der Waals surface area contributed by atoms with Gasteiger partial charge in [-0.2, -0.15) is 13.2 Å². The monoisotopic (exact) mass is 460 g/mol. The van der Waals surface area contributed by atoms with E-state index < -0.39 is 11.9 Å². The molecule has 3 aromatic rings. The number of benzene rings is 1. The number of hydrogen-bond donors (Lipinski definition) is 1. The molecule has 174 valence electrons. The summed E-state index contributed by atoms with van der Waals surface area (Å²) in [4.78, 5) is 30.7. The van der Waals surface area contributed by atoms with Crippen LogP contribution in [0.2, 0.25) is 0 Å². The van der Waals surface area contributed by atoms with Gasteiger partial charge in [-0.3, -0.25) is 4.79 Å². The average Bonchev–Trinajstić information content (AvgIpc) is 2.81. The van der Waals surface area contributed by atoms with Crippen LogP contribution < -0.4 is 15.6 Å². The minimum Gasteiger partial charge on any atom is -0.495 e. The number of likely N-dealkylation sites (tertiary alicyclic amines) is 1. The average molecular weight is 460 g/mol. The van der Waals surface area contributed by atoms with Crippen LogP contribution in [0.5, 0.6) is 5.75 Å². The molecule has 10 heteroatoms. The van der Waals surface area contributed by atoms with Crippen LogP contribution in [-0.4, -0.2) is 40.7 Å². The smallest absolute Gasteiger partial charge is 0.433 e. The third kappa shape index (κ3) is 4.94. The van der Waals surface area contributed by atoms with Gasteiger partial charge < -0.3 is 19.5 Å². The van der Waals surface area contributed by atoms with Crippen molar-refractivity contribution in [3.05, 3.63) is 64.7 Å². The normalized spacial score (nSPS) is 15.0. The molecular weight excluding hydrogens is 437 g/mol. The number of aromatic nitrogens is 2. The Bertz CT molecular complexity index is 1220. The van der Waals surface area contributed by atoms with Gasteiger partial charge in [0.25, 0.3) is 5.56 Å². The topological polar surface area (TPSA) is 76.5 Å². The molecule has 1 fully saturated rings. The second-order valence-corrected chi connectivity index (χ2v) is 7.96. The van der Waals surface area contributed by atoms with E-state index in [4.69, 9.17) is 4.74 Å². The number of amides is 2. The number of piperidine rings is 1. The van der Waals surface area contributed by atoms with E-state index in [0.29, 0.717) is 43.9 Å². The number of anilines is 1. The molecule has 1 aliphatic rings. The lowest BCUT2D eigenvalue weighted by Crippen LogP contribution is -2.42. The van der Waals surface area contributed by atoms with Crippen LogP contribution in [0.1, 0.15) is 18.5 Å². The fourth-order valence-corrected chi connectivity index (χ4v) is 4.01. The third-order valence-corrected chi connectivity index (χ3v) is 5.82. The SMILES string of the molecule is COc1ccccc1NC(=O)N1CCC(Cn2ccc3nc(C(F)(F)F)ccc3c2=O)CC1. The van der Waals surface area contributed by atoms with Gasteiger partial charge in [-0.05, 0) is 49.1 Å². The maximum absolute atomic E-state index is 12.9. The second kappa shape index (κ2) is 9.13. The van der Waals surface area contributed by atoms with E-state index in [1.807, 2.05) is 12.1 Å². The van der Waals surface area contributed by atoms with Crippen molar-refractivity contribution in [1.82, 2.24) is 14.5 Å². The Morgan fingerprint density at radius 3 is 2.58 bits per heavy atom. The standard InChI is InChI=1S/C23H23F3N4O3/c1-33-19-5-3-2-4-18(19)28-22(32)29-11-8-15(9-12-29)14-30-13-10-17-16(21(30)31)6-7-20(27-17)23(24,25)26/h2-7,10,13,15H,8-9,11-12,14H2,1H3,(H,28,32). The molecule has 7 nitrogen and oxygen atoms in total. The number of hydrogen-bond acceptors (Lipinski definition) is 4. The van der Waals surface area contributed by atoms with Gasteiger partial charge in [-0.25, -0.2) is 9.78 Å². The highest BCUT2D eigenvalue weighted by Gasteiger charge is 2.32. The molecule has 1 saturated heterocycles. The summed E-state index contributed by atoms with van der Waals surface area (Å²) in [5, 5.41) is 3.01. The minimum absolute atomic E-state index is 0.0221. The zero-order chi connectivity index (χ0) is 23.6. The quantitative estimate of drug-likeness (QED) is 0.628. The summed E-state index contributed by atoms with van der Waals surface area (Å²) in [6.07, 6.45) is -1.67. The van der Waals surface area contributed by atoms with Crippen molar-refractivity contribution in [3.8, 4) is 5.75 Å². The number of alkyl halides is 3. The molecular formula is C23H23F3N4O3. The van der Waals surface area contributed by atoms with Gasteiger partial charge in [0, 0.05) is 25.8 Å². The largest absolute Gasteiger partial charge is 0.495 e. The predicted molar refractivity (Wildman–Crippen MR) is 117 cm³/mol. The van der Waals surface area contributed by atoms with Gasteiger partial charge in [-0.1, -0.05) is 12.1 Å². The summed E-state index contributed by atoms with van der Waals surface area (Å²) in [5.74, 6) is 0.742. The first-order chi connectivity index (χ1) is 15.8. The first-order valence-corrected chi connectivity index (χ1v) is 10.5. The summed E-state index contributed by atoms with van der Waals surface area (Å²) in [6.45, 7) is 1.49. The number of carbonyl (C=O) groups is 1. The Morgan fingerprint density at radius 2 is 1.88 bits per heavy atom. The molecule has 0 aliphatic carbocycles. The van der Waals surface area contributed by atoms with Crippen molar-refractivity contribution in [3.63, 3.8) is 0 Å². The van der Waals surface area contributed by atoms with Gasteiger partial charge in [-0.15, -0.1) is 0 Å². The molecule has 0 atom stereocenters. The van der Waals surface area contributed by atoms with E-state index >= 15 is 0 Å². The van der Waals surface area contributed by atoms with Crippen LogP contribution in [0.25, 0.3) is 10.9 Å². The van der Waals surface area contributed by atoms with E-state index in [1.165, 1.54) is 30.0 Å². The molecule has 0 spiro atoms. The minimum atomic E-state index is -4.56. The van der Waals surface area contributed by atoms with Gasteiger partial charge in [0.05, 0.1) is 23.7 Å². The highest BCUT2D eigenvalue weighted by atomic mass is 19.4. The zero-order valence-corrected chi connectivity index (χ0v) is 17.9. The Labute approximate surface area is 187 Å². The maximum Gasteiger partial charge on any atom is 0.433 e. The first kappa shape index (κ1) is 22.6. The van der Waals surface area contributed by atoms with Crippen LogP contribution in [0.4, 0.5) is 23.7 Å². The van der Waals surface area contributed by atoms with Crippen molar-refractivity contribution in [2.24, 2.45) is 5.92 Å². The number of para-hydroxylation sites is 2. The van der Waals surface area contributed by atoms with E-state index in [1.54, 1.807) is 17.0 Å². The summed E-state index contributed by atoms with van der Waals surface area (Å²) < 4.78 is 45.4. The molecule has 0 saturated carbocycles. The van der Waals surface area contributed by atoms with Gasteiger partial charge >= 0.3 is 12.2 Å².